The summed E-state index contributed by atoms with van der Waals surface area (Å²) in [5, 5.41) is 0. The van der Waals surface area contributed by atoms with Gasteiger partial charge in [-0.3, -0.25) is 9.88 Å². The van der Waals surface area contributed by atoms with E-state index in [0.29, 0.717) is 11.6 Å². The number of nitrogens with zero attached hydrogens (tertiary/aromatic N) is 2. The van der Waals surface area contributed by atoms with Gasteiger partial charge >= 0.3 is 6.18 Å². The molecule has 0 saturated carbocycles. The molecule has 17 heavy (non-hydrogen) atoms. The summed E-state index contributed by atoms with van der Waals surface area (Å²) in [5.41, 5.74) is 0.0368. The Bertz CT molecular complexity index is 395. The first-order valence-electron chi connectivity index (χ1n) is 5.64. The minimum Gasteiger partial charge on any atom is -0.300 e. The number of alkyl halides is 3. The van der Waals surface area contributed by atoms with E-state index < -0.39 is 11.7 Å². The molecule has 2 rings (SSSR count). The Morgan fingerprint density at radius 1 is 1.29 bits per heavy atom. The Labute approximate surface area is 98.5 Å². The van der Waals surface area contributed by atoms with Crippen LogP contribution in [0.25, 0.3) is 0 Å². The Morgan fingerprint density at radius 2 is 1.94 bits per heavy atom. The summed E-state index contributed by atoms with van der Waals surface area (Å²) >= 11 is 0. The lowest BCUT2D eigenvalue weighted by molar-refractivity contribution is -0.137. The fourth-order valence-corrected chi connectivity index (χ4v) is 1.98. The van der Waals surface area contributed by atoms with Crippen LogP contribution < -0.4 is 0 Å². The molecule has 0 bridgehead atoms. The van der Waals surface area contributed by atoms with Crippen LogP contribution in [0.1, 0.15) is 30.9 Å². The molecule has 94 valence electrons. The highest BCUT2D eigenvalue weighted by Crippen LogP contribution is 2.33. The standard InChI is InChI=1S/C12H15F3N2/c1-8(2)17-6-10(7-17)9-3-11(5-16-4-9)12(13,14)15/h3-5,8,10H,6-7H2,1-2H3. The third-order valence-corrected chi connectivity index (χ3v) is 3.20. The molecule has 0 N–H and O–H groups in total. The number of aromatic nitrogens is 1. The van der Waals surface area contributed by atoms with E-state index in [9.17, 15) is 13.2 Å². The predicted octanol–water partition coefficient (Wildman–Crippen LogP) is 2.91. The van der Waals surface area contributed by atoms with Crippen LogP contribution in [0.15, 0.2) is 18.5 Å². The molecule has 1 aromatic rings. The molecule has 1 aliphatic heterocycles. The van der Waals surface area contributed by atoms with Crippen LogP contribution in [0.4, 0.5) is 13.2 Å². The largest absolute Gasteiger partial charge is 0.417 e. The minimum atomic E-state index is -4.30. The van der Waals surface area contributed by atoms with Gasteiger partial charge in [-0.15, -0.1) is 0 Å². The van der Waals surface area contributed by atoms with Crippen molar-refractivity contribution in [2.75, 3.05) is 13.1 Å². The molecule has 0 atom stereocenters. The van der Waals surface area contributed by atoms with Crippen molar-refractivity contribution in [1.29, 1.82) is 0 Å². The molecule has 0 radical (unpaired) electrons. The second-order valence-electron chi connectivity index (χ2n) is 4.75. The minimum absolute atomic E-state index is 0.187. The van der Waals surface area contributed by atoms with Crippen LogP contribution in [-0.4, -0.2) is 29.0 Å². The lowest BCUT2D eigenvalue weighted by Crippen LogP contribution is -2.48. The van der Waals surface area contributed by atoms with Crippen molar-refractivity contribution in [3.05, 3.63) is 29.6 Å². The third kappa shape index (κ3) is 2.60. The Balaban J connectivity index is 2.09. The molecule has 5 heteroatoms. The van der Waals surface area contributed by atoms with Crippen LogP contribution in [0.5, 0.6) is 0 Å². The van der Waals surface area contributed by atoms with Crippen molar-refractivity contribution >= 4 is 0 Å². The van der Waals surface area contributed by atoms with E-state index in [1.165, 1.54) is 12.3 Å². The van der Waals surface area contributed by atoms with Crippen molar-refractivity contribution in [2.45, 2.75) is 32.0 Å². The fraction of sp³-hybridized carbons (Fsp3) is 0.583. The van der Waals surface area contributed by atoms with Gasteiger partial charge in [-0.25, -0.2) is 0 Å². The molecule has 1 aromatic heterocycles. The smallest absolute Gasteiger partial charge is 0.300 e. The lowest BCUT2D eigenvalue weighted by atomic mass is 9.91. The zero-order valence-electron chi connectivity index (χ0n) is 9.83. The van der Waals surface area contributed by atoms with Gasteiger partial charge < -0.3 is 0 Å². The van der Waals surface area contributed by atoms with Gasteiger partial charge in [0, 0.05) is 37.4 Å². The van der Waals surface area contributed by atoms with Crippen LogP contribution in [0.3, 0.4) is 0 Å². The molecular weight excluding hydrogens is 229 g/mol. The maximum atomic E-state index is 12.5. The van der Waals surface area contributed by atoms with Crippen LogP contribution in [0.2, 0.25) is 0 Å². The monoisotopic (exact) mass is 244 g/mol. The Morgan fingerprint density at radius 3 is 2.47 bits per heavy atom. The van der Waals surface area contributed by atoms with Gasteiger partial charge in [0.05, 0.1) is 5.56 Å². The summed E-state index contributed by atoms with van der Waals surface area (Å²) < 4.78 is 37.5. The molecular formula is C12H15F3N2. The van der Waals surface area contributed by atoms with E-state index in [1.807, 2.05) is 0 Å². The zero-order chi connectivity index (χ0) is 12.6. The van der Waals surface area contributed by atoms with E-state index in [1.54, 1.807) is 0 Å². The first-order chi connectivity index (χ1) is 7.88. The maximum Gasteiger partial charge on any atom is 0.417 e. The summed E-state index contributed by atoms with van der Waals surface area (Å²) in [7, 11) is 0. The zero-order valence-corrected chi connectivity index (χ0v) is 9.83. The van der Waals surface area contributed by atoms with Gasteiger partial charge in [-0.05, 0) is 25.5 Å². The van der Waals surface area contributed by atoms with Gasteiger partial charge in [-0.2, -0.15) is 13.2 Å². The summed E-state index contributed by atoms with van der Waals surface area (Å²) in [6.07, 6.45) is -1.88. The number of pyridine rings is 1. The molecule has 1 saturated heterocycles. The molecule has 2 nitrogen and oxygen atoms in total. The van der Waals surface area contributed by atoms with Gasteiger partial charge in [-0.1, -0.05) is 0 Å². The van der Waals surface area contributed by atoms with Crippen molar-refractivity contribution in [2.24, 2.45) is 0 Å². The summed E-state index contributed by atoms with van der Waals surface area (Å²) in [6.45, 7) is 5.81. The van der Waals surface area contributed by atoms with Crippen LogP contribution in [-0.2, 0) is 6.18 Å². The number of rotatable bonds is 2. The van der Waals surface area contributed by atoms with E-state index in [0.717, 1.165) is 19.3 Å². The summed E-state index contributed by atoms with van der Waals surface area (Å²) in [5.74, 6) is 0.187. The quantitative estimate of drug-likeness (QED) is 0.795. The predicted molar refractivity (Wildman–Crippen MR) is 58.7 cm³/mol. The van der Waals surface area contributed by atoms with E-state index in [-0.39, 0.29) is 5.92 Å². The van der Waals surface area contributed by atoms with Crippen LogP contribution in [0, 0.1) is 0 Å². The SMILES string of the molecule is CC(C)N1CC(c2cncc(C(F)(F)F)c2)C1. The molecule has 0 amide bonds. The van der Waals surface area contributed by atoms with E-state index in [4.69, 9.17) is 0 Å². The molecule has 2 heterocycles. The number of likely N-dealkylation sites (tertiary alicyclic amines) is 1. The average molecular weight is 244 g/mol. The molecule has 0 unspecified atom stereocenters. The first-order valence-corrected chi connectivity index (χ1v) is 5.64. The van der Waals surface area contributed by atoms with Gasteiger partial charge in [0.15, 0.2) is 0 Å². The Kier molecular flexibility index (Phi) is 3.12. The van der Waals surface area contributed by atoms with Gasteiger partial charge in [0.25, 0.3) is 0 Å². The second kappa shape index (κ2) is 4.29. The molecule has 0 spiro atoms. The van der Waals surface area contributed by atoms with Crippen molar-refractivity contribution < 1.29 is 13.2 Å². The van der Waals surface area contributed by atoms with Gasteiger partial charge in [0.2, 0.25) is 0 Å². The number of hydrogen-bond donors (Lipinski definition) is 0. The average Bonchev–Trinajstić information content (AvgIpc) is 2.13. The Hall–Kier alpha value is -1.10. The van der Waals surface area contributed by atoms with Gasteiger partial charge in [0.1, 0.15) is 0 Å². The maximum absolute atomic E-state index is 12.5. The third-order valence-electron chi connectivity index (χ3n) is 3.20. The highest BCUT2D eigenvalue weighted by Gasteiger charge is 2.34. The second-order valence-corrected chi connectivity index (χ2v) is 4.75. The normalized spacial score (nSPS) is 18.5. The van der Waals surface area contributed by atoms with E-state index >= 15 is 0 Å². The fourth-order valence-electron chi connectivity index (χ4n) is 1.98. The number of hydrogen-bond acceptors (Lipinski definition) is 2. The van der Waals surface area contributed by atoms with Crippen molar-refractivity contribution in [1.82, 2.24) is 9.88 Å². The molecule has 1 aliphatic rings. The number of halogens is 3. The topological polar surface area (TPSA) is 16.1 Å². The lowest BCUT2D eigenvalue weighted by Gasteiger charge is -2.42. The first kappa shape index (κ1) is 12.4. The van der Waals surface area contributed by atoms with Crippen molar-refractivity contribution in [3.63, 3.8) is 0 Å². The highest BCUT2D eigenvalue weighted by molar-refractivity contribution is 5.26. The highest BCUT2D eigenvalue weighted by atomic mass is 19.4. The summed E-state index contributed by atoms with van der Waals surface area (Å²) in [6, 6.07) is 1.67. The molecule has 1 fully saturated rings. The molecule has 0 aliphatic carbocycles. The summed E-state index contributed by atoms with van der Waals surface area (Å²) in [4.78, 5) is 5.91. The van der Waals surface area contributed by atoms with Crippen LogP contribution >= 0.6 is 0 Å². The molecule has 0 aromatic carbocycles. The van der Waals surface area contributed by atoms with Crippen molar-refractivity contribution in [3.8, 4) is 0 Å². The van der Waals surface area contributed by atoms with E-state index in [2.05, 4.69) is 23.7 Å².